The highest BCUT2D eigenvalue weighted by Gasteiger charge is 2.21. The Balaban J connectivity index is 3.02. The van der Waals surface area contributed by atoms with Gasteiger partial charge in [-0.15, -0.1) is 0 Å². The predicted molar refractivity (Wildman–Crippen MR) is 39.4 cm³/mol. The fraction of sp³-hybridized carbons (Fsp3) is 0. The number of hydrogen-bond acceptors (Lipinski definition) is 2. The fourth-order valence-electron chi connectivity index (χ4n) is 1.06. The standard InChI is InChI=1S/C8H2F4N2/c9-3-4(10)6(12)8-7(5(3)11)13-1-2-14-8/h1-2H. The molecule has 72 valence electrons. The SMILES string of the molecule is Fc1c(F)c(F)c2nccnc2c1F. The van der Waals surface area contributed by atoms with Crippen LogP contribution in [0.2, 0.25) is 0 Å². The third-order valence-electron chi connectivity index (χ3n) is 1.69. The molecule has 0 aliphatic carbocycles. The first kappa shape index (κ1) is 8.86. The summed E-state index contributed by atoms with van der Waals surface area (Å²) in [5.41, 5.74) is -1.24. The summed E-state index contributed by atoms with van der Waals surface area (Å²) in [6.45, 7) is 0. The van der Waals surface area contributed by atoms with Crippen LogP contribution in [0.15, 0.2) is 12.4 Å². The first-order valence-electron chi connectivity index (χ1n) is 3.55. The van der Waals surface area contributed by atoms with Crippen LogP contribution < -0.4 is 0 Å². The van der Waals surface area contributed by atoms with E-state index >= 15 is 0 Å². The molecule has 14 heavy (non-hydrogen) atoms. The van der Waals surface area contributed by atoms with Gasteiger partial charge in [-0.2, -0.15) is 0 Å². The highest BCUT2D eigenvalue weighted by Crippen LogP contribution is 2.22. The Morgan fingerprint density at radius 1 is 0.643 bits per heavy atom. The second-order valence-electron chi connectivity index (χ2n) is 2.51. The number of hydrogen-bond donors (Lipinski definition) is 0. The summed E-state index contributed by atoms with van der Waals surface area (Å²) in [7, 11) is 0. The van der Waals surface area contributed by atoms with Crippen LogP contribution >= 0.6 is 0 Å². The molecule has 1 heterocycles. The van der Waals surface area contributed by atoms with E-state index in [9.17, 15) is 17.6 Å². The number of rotatable bonds is 0. The second kappa shape index (κ2) is 2.90. The third-order valence-corrected chi connectivity index (χ3v) is 1.69. The minimum atomic E-state index is -1.88. The van der Waals surface area contributed by atoms with Crippen LogP contribution in [-0.4, -0.2) is 9.97 Å². The average Bonchev–Trinajstić information content (AvgIpc) is 2.23. The predicted octanol–water partition coefficient (Wildman–Crippen LogP) is 2.19. The fourth-order valence-corrected chi connectivity index (χ4v) is 1.06. The molecule has 0 aliphatic heterocycles. The lowest BCUT2D eigenvalue weighted by atomic mass is 10.2. The molecule has 0 aliphatic rings. The quantitative estimate of drug-likeness (QED) is 0.371. The van der Waals surface area contributed by atoms with Crippen molar-refractivity contribution >= 4 is 11.0 Å². The lowest BCUT2D eigenvalue weighted by molar-refractivity contribution is 0.416. The van der Waals surface area contributed by atoms with E-state index in [1.54, 1.807) is 0 Å². The smallest absolute Gasteiger partial charge is 0.199 e. The van der Waals surface area contributed by atoms with E-state index < -0.39 is 34.3 Å². The Morgan fingerprint density at radius 2 is 1.00 bits per heavy atom. The maximum atomic E-state index is 13.0. The van der Waals surface area contributed by atoms with Crippen molar-refractivity contribution in [3.63, 3.8) is 0 Å². The molecule has 1 aromatic heterocycles. The highest BCUT2D eigenvalue weighted by molar-refractivity contribution is 5.75. The Kier molecular flexibility index (Phi) is 1.83. The summed E-state index contributed by atoms with van der Waals surface area (Å²) in [6.07, 6.45) is 2.12. The minimum absolute atomic E-state index is 0.621. The van der Waals surface area contributed by atoms with Crippen LogP contribution in [0.25, 0.3) is 11.0 Å². The van der Waals surface area contributed by atoms with Gasteiger partial charge in [0.15, 0.2) is 23.3 Å². The highest BCUT2D eigenvalue weighted by atomic mass is 19.2. The van der Waals surface area contributed by atoms with Crippen molar-refractivity contribution < 1.29 is 17.6 Å². The van der Waals surface area contributed by atoms with Gasteiger partial charge >= 0.3 is 0 Å². The number of fused-ring (bicyclic) bond motifs is 1. The van der Waals surface area contributed by atoms with Crippen molar-refractivity contribution in [2.24, 2.45) is 0 Å². The molecule has 1 aromatic carbocycles. The number of nitrogens with zero attached hydrogens (tertiary/aromatic N) is 2. The van der Waals surface area contributed by atoms with Crippen LogP contribution in [-0.2, 0) is 0 Å². The van der Waals surface area contributed by atoms with Crippen LogP contribution in [0.5, 0.6) is 0 Å². The molecule has 0 saturated heterocycles. The third kappa shape index (κ3) is 1.03. The molecular formula is C8H2F4N2. The molecule has 0 N–H and O–H groups in total. The summed E-state index contributed by atoms with van der Waals surface area (Å²) >= 11 is 0. The van der Waals surface area contributed by atoms with Crippen LogP contribution in [0.3, 0.4) is 0 Å². The van der Waals surface area contributed by atoms with Gasteiger partial charge in [0.25, 0.3) is 0 Å². The Bertz CT molecular complexity index is 466. The van der Waals surface area contributed by atoms with Crippen LogP contribution in [0.1, 0.15) is 0 Å². The van der Waals surface area contributed by atoms with E-state index in [1.165, 1.54) is 0 Å². The summed E-state index contributed by atoms with van der Waals surface area (Å²) in [5, 5.41) is 0. The zero-order valence-electron chi connectivity index (χ0n) is 6.56. The van der Waals surface area contributed by atoms with Gasteiger partial charge in [-0.05, 0) is 0 Å². The maximum Gasteiger partial charge on any atom is 0.199 e. The van der Waals surface area contributed by atoms with Gasteiger partial charge in [-0.25, -0.2) is 27.5 Å². The average molecular weight is 202 g/mol. The van der Waals surface area contributed by atoms with Crippen LogP contribution in [0.4, 0.5) is 17.6 Å². The molecule has 0 bridgehead atoms. The van der Waals surface area contributed by atoms with E-state index in [2.05, 4.69) is 9.97 Å². The Hall–Kier alpha value is -1.72. The monoisotopic (exact) mass is 202 g/mol. The molecule has 2 nitrogen and oxygen atoms in total. The van der Waals surface area contributed by atoms with Gasteiger partial charge in [0.1, 0.15) is 11.0 Å². The van der Waals surface area contributed by atoms with Gasteiger partial charge in [0.05, 0.1) is 0 Å². The van der Waals surface area contributed by atoms with Crippen molar-refractivity contribution in [2.75, 3.05) is 0 Å². The summed E-state index contributed by atoms with van der Waals surface area (Å²) in [4.78, 5) is 6.72. The number of aromatic nitrogens is 2. The van der Waals surface area contributed by atoms with E-state index in [-0.39, 0.29) is 0 Å². The molecule has 0 amide bonds. The zero-order valence-corrected chi connectivity index (χ0v) is 6.56. The normalized spacial score (nSPS) is 10.9. The van der Waals surface area contributed by atoms with Gasteiger partial charge < -0.3 is 0 Å². The minimum Gasteiger partial charge on any atom is -0.250 e. The summed E-state index contributed by atoms with van der Waals surface area (Å²) in [6, 6.07) is 0. The van der Waals surface area contributed by atoms with Crippen molar-refractivity contribution in [3.05, 3.63) is 35.7 Å². The summed E-state index contributed by atoms with van der Waals surface area (Å²) in [5.74, 6) is -6.83. The summed E-state index contributed by atoms with van der Waals surface area (Å²) < 4.78 is 51.2. The first-order valence-corrected chi connectivity index (χ1v) is 3.55. The molecule has 0 atom stereocenters. The molecule has 6 heteroatoms. The van der Waals surface area contributed by atoms with Crippen LogP contribution in [0, 0.1) is 23.3 Å². The van der Waals surface area contributed by atoms with E-state index in [1.807, 2.05) is 0 Å². The molecule has 0 radical (unpaired) electrons. The Labute approximate surface area is 75.2 Å². The van der Waals surface area contributed by atoms with Gasteiger partial charge in [-0.1, -0.05) is 0 Å². The first-order chi connectivity index (χ1) is 6.63. The van der Waals surface area contributed by atoms with E-state index in [4.69, 9.17) is 0 Å². The number of halogens is 4. The molecule has 0 fully saturated rings. The zero-order chi connectivity index (χ0) is 10.3. The van der Waals surface area contributed by atoms with E-state index in [0.717, 1.165) is 12.4 Å². The molecule has 0 saturated carbocycles. The number of benzene rings is 1. The lowest BCUT2D eigenvalue weighted by Crippen LogP contribution is -2.00. The molecule has 2 aromatic rings. The topological polar surface area (TPSA) is 25.8 Å². The van der Waals surface area contributed by atoms with Gasteiger partial charge in [0.2, 0.25) is 0 Å². The van der Waals surface area contributed by atoms with Crippen molar-refractivity contribution in [3.8, 4) is 0 Å². The molecule has 2 rings (SSSR count). The van der Waals surface area contributed by atoms with Crippen molar-refractivity contribution in [1.29, 1.82) is 0 Å². The lowest BCUT2D eigenvalue weighted by Gasteiger charge is -2.01. The Morgan fingerprint density at radius 3 is 1.36 bits per heavy atom. The maximum absolute atomic E-state index is 13.0. The van der Waals surface area contributed by atoms with Gasteiger partial charge in [0, 0.05) is 12.4 Å². The second-order valence-corrected chi connectivity index (χ2v) is 2.51. The molecular weight excluding hydrogens is 200 g/mol. The van der Waals surface area contributed by atoms with E-state index in [0.29, 0.717) is 0 Å². The molecule has 0 spiro atoms. The largest absolute Gasteiger partial charge is 0.250 e. The van der Waals surface area contributed by atoms with Crippen molar-refractivity contribution in [2.45, 2.75) is 0 Å². The van der Waals surface area contributed by atoms with Gasteiger partial charge in [-0.3, -0.25) is 0 Å². The molecule has 0 unspecified atom stereocenters. The van der Waals surface area contributed by atoms with Crippen molar-refractivity contribution in [1.82, 2.24) is 9.97 Å².